The molecule has 0 atom stereocenters. The maximum Gasteiger partial charge on any atom is 0.407 e. The summed E-state index contributed by atoms with van der Waals surface area (Å²) in [6.07, 6.45) is 0.352. The van der Waals surface area contributed by atoms with Crippen molar-refractivity contribution in [1.29, 1.82) is 5.26 Å². The molecule has 1 N–H and O–H groups in total. The van der Waals surface area contributed by atoms with Crippen LogP contribution >= 0.6 is 0 Å². The molecule has 0 aromatic carbocycles. The van der Waals surface area contributed by atoms with E-state index in [1.807, 2.05) is 12.1 Å². The van der Waals surface area contributed by atoms with Crippen LogP contribution in [0.2, 0.25) is 0 Å². The predicted molar refractivity (Wildman–Crippen MR) is 56.0 cm³/mol. The number of carboxylic acid groups (broad SMARTS) is 1. The molecule has 0 saturated carbocycles. The minimum atomic E-state index is -0.895. The van der Waals surface area contributed by atoms with Gasteiger partial charge in [-0.2, -0.15) is 5.26 Å². The van der Waals surface area contributed by atoms with Crippen LogP contribution in [0.5, 0.6) is 0 Å². The summed E-state index contributed by atoms with van der Waals surface area (Å²) in [7, 11) is 0. The molecule has 0 aliphatic carbocycles. The number of nitrogens with zero attached hydrogens (tertiary/aromatic N) is 3. The van der Waals surface area contributed by atoms with Crippen LogP contribution in [0.15, 0.2) is 12.1 Å². The van der Waals surface area contributed by atoms with Crippen molar-refractivity contribution in [3.05, 3.63) is 29.1 Å². The largest absolute Gasteiger partial charge is 0.465 e. The summed E-state index contributed by atoms with van der Waals surface area (Å²) >= 11 is 0. The molecule has 5 heteroatoms. The molecule has 1 aromatic heterocycles. The minimum Gasteiger partial charge on any atom is -0.465 e. The van der Waals surface area contributed by atoms with E-state index in [0.29, 0.717) is 31.6 Å². The Kier molecular flexibility index (Phi) is 2.73. The first-order valence-electron chi connectivity index (χ1n) is 5.07. The van der Waals surface area contributed by atoms with Crippen LogP contribution in [-0.2, 0) is 12.8 Å². The molecule has 82 valence electrons. The summed E-state index contributed by atoms with van der Waals surface area (Å²) in [5.41, 5.74) is 2.29. The first-order chi connectivity index (χ1) is 7.70. The van der Waals surface area contributed by atoms with E-state index in [0.717, 1.165) is 11.3 Å². The summed E-state index contributed by atoms with van der Waals surface area (Å²) in [5.74, 6) is 0. The van der Waals surface area contributed by atoms with E-state index in [-0.39, 0.29) is 0 Å². The van der Waals surface area contributed by atoms with Gasteiger partial charge in [-0.25, -0.2) is 9.78 Å². The lowest BCUT2D eigenvalue weighted by atomic mass is 10.1. The highest BCUT2D eigenvalue weighted by molar-refractivity contribution is 5.65. The number of hydrogen-bond acceptors (Lipinski definition) is 3. The van der Waals surface area contributed by atoms with Crippen LogP contribution in [-0.4, -0.2) is 34.2 Å². The van der Waals surface area contributed by atoms with E-state index < -0.39 is 6.09 Å². The second-order valence-electron chi connectivity index (χ2n) is 3.68. The van der Waals surface area contributed by atoms with Crippen molar-refractivity contribution in [2.24, 2.45) is 0 Å². The summed E-state index contributed by atoms with van der Waals surface area (Å²) in [6, 6.07) is 5.53. The fourth-order valence-electron chi connectivity index (χ4n) is 1.84. The summed E-state index contributed by atoms with van der Waals surface area (Å²) in [4.78, 5) is 16.4. The molecular weight excluding hydrogens is 206 g/mol. The van der Waals surface area contributed by atoms with Crippen LogP contribution in [0.1, 0.15) is 17.0 Å². The van der Waals surface area contributed by atoms with E-state index >= 15 is 0 Å². The molecule has 2 rings (SSSR count). The Morgan fingerprint density at radius 1 is 1.44 bits per heavy atom. The van der Waals surface area contributed by atoms with Crippen LogP contribution in [0.3, 0.4) is 0 Å². The van der Waals surface area contributed by atoms with Crippen molar-refractivity contribution in [2.45, 2.75) is 12.8 Å². The summed E-state index contributed by atoms with van der Waals surface area (Å²) in [5, 5.41) is 17.6. The molecule has 0 spiro atoms. The number of nitriles is 1. The quantitative estimate of drug-likeness (QED) is 0.704. The van der Waals surface area contributed by atoms with Gasteiger partial charge in [0.2, 0.25) is 0 Å². The first kappa shape index (κ1) is 10.4. The average Bonchev–Trinajstić information content (AvgIpc) is 2.50. The molecule has 5 nitrogen and oxygen atoms in total. The van der Waals surface area contributed by atoms with Gasteiger partial charge in [-0.15, -0.1) is 0 Å². The molecular formula is C11H11N3O2. The number of fused-ring (bicyclic) bond motifs is 1. The van der Waals surface area contributed by atoms with Crippen molar-refractivity contribution in [3.63, 3.8) is 0 Å². The molecule has 0 bridgehead atoms. The average molecular weight is 217 g/mol. The van der Waals surface area contributed by atoms with Crippen LogP contribution in [0.25, 0.3) is 0 Å². The highest BCUT2D eigenvalue weighted by Gasteiger charge is 2.18. The second kappa shape index (κ2) is 4.19. The Morgan fingerprint density at radius 3 is 2.88 bits per heavy atom. The SMILES string of the molecule is N#Cc1ccc2c(n1)CCN(C(=O)O)CC2. The van der Waals surface area contributed by atoms with Gasteiger partial charge in [0.1, 0.15) is 11.8 Å². The normalized spacial score (nSPS) is 14.8. The van der Waals surface area contributed by atoms with Crippen LogP contribution < -0.4 is 0 Å². The third-order valence-corrected chi connectivity index (χ3v) is 2.72. The van der Waals surface area contributed by atoms with E-state index in [9.17, 15) is 4.79 Å². The van der Waals surface area contributed by atoms with Gasteiger partial charge in [0.05, 0.1) is 0 Å². The Morgan fingerprint density at radius 2 is 2.19 bits per heavy atom. The van der Waals surface area contributed by atoms with Gasteiger partial charge in [0.25, 0.3) is 0 Å². The van der Waals surface area contributed by atoms with Crippen molar-refractivity contribution in [3.8, 4) is 6.07 Å². The summed E-state index contributed by atoms with van der Waals surface area (Å²) < 4.78 is 0. The fraction of sp³-hybridized carbons (Fsp3) is 0.364. The van der Waals surface area contributed by atoms with Gasteiger partial charge >= 0.3 is 6.09 Å². The second-order valence-corrected chi connectivity index (χ2v) is 3.68. The molecule has 0 unspecified atom stereocenters. The number of rotatable bonds is 0. The van der Waals surface area contributed by atoms with Gasteiger partial charge in [-0.1, -0.05) is 6.07 Å². The third kappa shape index (κ3) is 1.96. The number of hydrogen-bond donors (Lipinski definition) is 1. The lowest BCUT2D eigenvalue weighted by molar-refractivity contribution is 0.147. The number of amides is 1. The fourth-order valence-corrected chi connectivity index (χ4v) is 1.84. The Bertz CT molecular complexity index is 465. The lowest BCUT2D eigenvalue weighted by Gasteiger charge is -2.14. The molecule has 0 saturated heterocycles. The van der Waals surface area contributed by atoms with Crippen LogP contribution in [0.4, 0.5) is 4.79 Å². The molecule has 1 aromatic rings. The Hall–Kier alpha value is -2.09. The van der Waals surface area contributed by atoms with E-state index in [2.05, 4.69) is 4.98 Å². The van der Waals surface area contributed by atoms with Gasteiger partial charge in [-0.3, -0.25) is 0 Å². The predicted octanol–water partition coefficient (Wildman–Crippen LogP) is 1.03. The van der Waals surface area contributed by atoms with Crippen LogP contribution in [0, 0.1) is 11.3 Å². The molecule has 1 aliphatic heterocycles. The van der Waals surface area contributed by atoms with Gasteiger partial charge in [-0.05, 0) is 18.1 Å². The highest BCUT2D eigenvalue weighted by Crippen LogP contribution is 2.14. The standard InChI is InChI=1S/C11H11N3O2/c12-7-9-2-1-8-3-5-14(11(15)16)6-4-10(8)13-9/h1-2H,3-6H2,(H,15,16). The minimum absolute atomic E-state index is 0.391. The lowest BCUT2D eigenvalue weighted by Crippen LogP contribution is -2.31. The molecule has 16 heavy (non-hydrogen) atoms. The monoisotopic (exact) mass is 217 g/mol. The number of aromatic nitrogens is 1. The topological polar surface area (TPSA) is 77.2 Å². The Balaban J connectivity index is 2.24. The smallest absolute Gasteiger partial charge is 0.407 e. The maximum absolute atomic E-state index is 10.8. The zero-order valence-corrected chi connectivity index (χ0v) is 8.68. The third-order valence-electron chi connectivity index (χ3n) is 2.72. The highest BCUT2D eigenvalue weighted by atomic mass is 16.4. The van der Waals surface area contributed by atoms with E-state index in [1.165, 1.54) is 4.90 Å². The van der Waals surface area contributed by atoms with Crippen molar-refractivity contribution in [1.82, 2.24) is 9.88 Å². The molecule has 2 heterocycles. The van der Waals surface area contributed by atoms with E-state index in [1.54, 1.807) is 6.07 Å². The Labute approximate surface area is 92.9 Å². The van der Waals surface area contributed by atoms with Gasteiger partial charge in [0, 0.05) is 25.2 Å². The van der Waals surface area contributed by atoms with Crippen molar-refractivity contribution < 1.29 is 9.90 Å². The zero-order chi connectivity index (χ0) is 11.5. The van der Waals surface area contributed by atoms with E-state index in [4.69, 9.17) is 10.4 Å². The molecule has 0 fully saturated rings. The molecule has 1 aliphatic rings. The number of pyridine rings is 1. The van der Waals surface area contributed by atoms with Gasteiger partial charge < -0.3 is 10.0 Å². The zero-order valence-electron chi connectivity index (χ0n) is 8.68. The number of carbonyl (C=O) groups is 1. The molecule has 1 amide bonds. The molecule has 0 radical (unpaired) electrons. The van der Waals surface area contributed by atoms with Gasteiger partial charge in [0.15, 0.2) is 0 Å². The first-order valence-corrected chi connectivity index (χ1v) is 5.07. The maximum atomic E-state index is 10.8. The summed E-state index contributed by atoms with van der Waals surface area (Å²) in [6.45, 7) is 0.945. The van der Waals surface area contributed by atoms with Crippen molar-refractivity contribution >= 4 is 6.09 Å². The van der Waals surface area contributed by atoms with Crippen molar-refractivity contribution in [2.75, 3.05) is 13.1 Å².